The first-order valence-corrected chi connectivity index (χ1v) is 10.6. The van der Waals surface area contributed by atoms with E-state index in [4.69, 9.17) is 16.3 Å². The van der Waals surface area contributed by atoms with Crippen LogP contribution in [0.3, 0.4) is 0 Å². The largest absolute Gasteiger partial charge is 0.415 e. The van der Waals surface area contributed by atoms with Crippen molar-refractivity contribution in [2.24, 2.45) is 11.8 Å². The highest BCUT2D eigenvalue weighted by atomic mass is 35.5. The van der Waals surface area contributed by atoms with E-state index in [1.54, 1.807) is 17.0 Å². The molecule has 1 atom stereocenters. The fourth-order valence-corrected chi connectivity index (χ4v) is 4.63. The van der Waals surface area contributed by atoms with Crippen LogP contribution in [-0.4, -0.2) is 46.0 Å². The van der Waals surface area contributed by atoms with Gasteiger partial charge in [0.25, 0.3) is 5.91 Å². The van der Waals surface area contributed by atoms with Gasteiger partial charge in [0.2, 0.25) is 0 Å². The van der Waals surface area contributed by atoms with Crippen LogP contribution in [0.2, 0.25) is 4.34 Å². The second-order valence-electron chi connectivity index (χ2n) is 7.21. The van der Waals surface area contributed by atoms with Gasteiger partial charge in [0.05, 0.1) is 21.6 Å². The minimum absolute atomic E-state index is 0.0558. The molecule has 148 valence electrons. The lowest BCUT2D eigenvalue weighted by Gasteiger charge is -2.36. The van der Waals surface area contributed by atoms with Crippen LogP contribution >= 0.6 is 22.9 Å². The summed E-state index contributed by atoms with van der Waals surface area (Å²) in [5.41, 5.74) is 0. The van der Waals surface area contributed by atoms with E-state index in [9.17, 15) is 9.59 Å². The van der Waals surface area contributed by atoms with Gasteiger partial charge in [0.15, 0.2) is 5.75 Å². The number of carbonyl (C=O) groups excluding carboxylic acids is 2. The summed E-state index contributed by atoms with van der Waals surface area (Å²) >= 11 is 7.25. The second-order valence-corrected chi connectivity index (χ2v) is 8.92. The summed E-state index contributed by atoms with van der Waals surface area (Å²) in [6.07, 6.45) is 7.91. The van der Waals surface area contributed by atoms with Crippen molar-refractivity contribution in [1.29, 1.82) is 0 Å². The van der Waals surface area contributed by atoms with Crippen LogP contribution in [0.15, 0.2) is 30.9 Å². The average molecular weight is 421 g/mol. The SMILES string of the molecule is O=C(N[C@H](C1CC1)C1CCN(C(=O)Oc2cncnc2)CC1)c1ccc(Cl)s1. The van der Waals surface area contributed by atoms with E-state index >= 15 is 0 Å². The molecule has 1 saturated heterocycles. The molecule has 1 aliphatic carbocycles. The summed E-state index contributed by atoms with van der Waals surface area (Å²) < 4.78 is 5.93. The summed E-state index contributed by atoms with van der Waals surface area (Å²) in [5, 5.41) is 3.22. The fraction of sp³-hybridized carbons (Fsp3) is 0.474. The van der Waals surface area contributed by atoms with Crippen molar-refractivity contribution in [1.82, 2.24) is 20.2 Å². The van der Waals surface area contributed by atoms with E-state index in [2.05, 4.69) is 15.3 Å². The predicted molar refractivity (Wildman–Crippen MR) is 106 cm³/mol. The first-order valence-electron chi connectivity index (χ1n) is 9.38. The van der Waals surface area contributed by atoms with Gasteiger partial charge in [-0.05, 0) is 49.7 Å². The molecule has 1 aliphatic heterocycles. The van der Waals surface area contributed by atoms with E-state index in [1.165, 1.54) is 30.1 Å². The molecule has 2 aromatic heterocycles. The van der Waals surface area contributed by atoms with E-state index in [-0.39, 0.29) is 18.0 Å². The Bertz CT molecular complexity index is 835. The Morgan fingerprint density at radius 2 is 1.82 bits per heavy atom. The van der Waals surface area contributed by atoms with E-state index in [0.717, 1.165) is 25.7 Å². The number of hydrogen-bond donors (Lipinski definition) is 1. The third-order valence-electron chi connectivity index (χ3n) is 5.27. The third kappa shape index (κ3) is 4.62. The summed E-state index contributed by atoms with van der Waals surface area (Å²) in [6.45, 7) is 1.22. The number of nitrogens with one attached hydrogen (secondary N) is 1. The smallest absolute Gasteiger partial charge is 0.407 e. The predicted octanol–water partition coefficient (Wildman–Crippen LogP) is 3.61. The Labute approximate surface area is 172 Å². The molecule has 2 fully saturated rings. The molecule has 4 rings (SSSR count). The van der Waals surface area contributed by atoms with E-state index in [1.807, 2.05) is 0 Å². The molecule has 0 unspecified atom stereocenters. The monoisotopic (exact) mass is 420 g/mol. The Balaban J connectivity index is 1.32. The maximum Gasteiger partial charge on any atom is 0.415 e. The third-order valence-corrected chi connectivity index (χ3v) is 6.50. The molecule has 28 heavy (non-hydrogen) atoms. The quantitative estimate of drug-likeness (QED) is 0.798. The lowest BCUT2D eigenvalue weighted by atomic mass is 9.86. The molecule has 0 aromatic carbocycles. The summed E-state index contributed by atoms with van der Waals surface area (Å²) in [7, 11) is 0. The van der Waals surface area contributed by atoms with Crippen molar-refractivity contribution in [3.05, 3.63) is 40.1 Å². The van der Waals surface area contributed by atoms with Crippen LogP contribution in [0.4, 0.5) is 4.79 Å². The average Bonchev–Trinajstić information content (AvgIpc) is 3.46. The number of carbonyl (C=O) groups is 2. The van der Waals surface area contributed by atoms with Crippen LogP contribution in [0.1, 0.15) is 35.4 Å². The van der Waals surface area contributed by atoms with Gasteiger partial charge in [0, 0.05) is 19.1 Å². The Hall–Kier alpha value is -2.19. The molecule has 3 heterocycles. The van der Waals surface area contributed by atoms with Gasteiger partial charge in [-0.2, -0.15) is 0 Å². The molecule has 2 aliphatic rings. The number of piperidine rings is 1. The zero-order chi connectivity index (χ0) is 19.5. The molecule has 2 aromatic rings. The van der Waals surface area contributed by atoms with Crippen molar-refractivity contribution in [2.45, 2.75) is 31.7 Å². The van der Waals surface area contributed by atoms with Gasteiger partial charge < -0.3 is 15.0 Å². The van der Waals surface area contributed by atoms with Crippen molar-refractivity contribution in [3.8, 4) is 5.75 Å². The van der Waals surface area contributed by atoms with Crippen LogP contribution < -0.4 is 10.1 Å². The maximum atomic E-state index is 12.6. The van der Waals surface area contributed by atoms with Crippen LogP contribution in [0, 0.1) is 11.8 Å². The lowest BCUT2D eigenvalue weighted by Crippen LogP contribution is -2.48. The van der Waals surface area contributed by atoms with E-state index in [0.29, 0.717) is 39.9 Å². The number of hydrogen-bond acceptors (Lipinski definition) is 6. The number of likely N-dealkylation sites (tertiary alicyclic amines) is 1. The molecule has 1 saturated carbocycles. The van der Waals surface area contributed by atoms with E-state index < -0.39 is 0 Å². The molecule has 0 spiro atoms. The Morgan fingerprint density at radius 1 is 1.14 bits per heavy atom. The van der Waals surface area contributed by atoms with Gasteiger partial charge in [-0.25, -0.2) is 14.8 Å². The molecule has 2 amide bonds. The number of thiophene rings is 1. The molecular weight excluding hydrogens is 400 g/mol. The second kappa shape index (κ2) is 8.45. The number of rotatable bonds is 5. The summed E-state index contributed by atoms with van der Waals surface area (Å²) in [6, 6.07) is 3.65. The molecule has 0 radical (unpaired) electrons. The van der Waals surface area contributed by atoms with Gasteiger partial charge in [-0.1, -0.05) is 11.6 Å². The van der Waals surface area contributed by atoms with Crippen molar-refractivity contribution < 1.29 is 14.3 Å². The van der Waals surface area contributed by atoms with Crippen molar-refractivity contribution in [2.75, 3.05) is 13.1 Å². The summed E-state index contributed by atoms with van der Waals surface area (Å²) in [4.78, 5) is 34.9. The van der Waals surface area contributed by atoms with Crippen molar-refractivity contribution in [3.63, 3.8) is 0 Å². The highest BCUT2D eigenvalue weighted by Gasteiger charge is 2.39. The van der Waals surface area contributed by atoms with Gasteiger partial charge in [0.1, 0.15) is 6.33 Å². The van der Waals surface area contributed by atoms with Crippen LogP contribution in [0.25, 0.3) is 0 Å². The number of ether oxygens (including phenoxy) is 1. The molecule has 1 N–H and O–H groups in total. The number of nitrogens with zero attached hydrogens (tertiary/aromatic N) is 3. The maximum absolute atomic E-state index is 12.6. The first kappa shape index (κ1) is 19.1. The standard InChI is InChI=1S/C19H21ClN4O3S/c20-16-4-3-15(28-16)18(25)23-17(12-1-2-12)13-5-7-24(8-6-13)19(26)27-14-9-21-11-22-10-14/h3-4,9-13,17H,1-2,5-8H2,(H,23,25)/t17-/m1/s1. The topological polar surface area (TPSA) is 84.4 Å². The lowest BCUT2D eigenvalue weighted by molar-refractivity contribution is 0.0874. The zero-order valence-electron chi connectivity index (χ0n) is 15.2. The minimum Gasteiger partial charge on any atom is -0.407 e. The van der Waals surface area contributed by atoms with Crippen LogP contribution in [0.5, 0.6) is 5.75 Å². The van der Waals surface area contributed by atoms with Gasteiger partial charge in [-0.15, -0.1) is 11.3 Å². The molecule has 9 heteroatoms. The molecule has 7 nitrogen and oxygen atoms in total. The Kier molecular flexibility index (Phi) is 5.77. The fourth-order valence-electron chi connectivity index (χ4n) is 3.68. The minimum atomic E-state index is -0.381. The van der Waals surface area contributed by atoms with Crippen LogP contribution in [-0.2, 0) is 0 Å². The number of amides is 2. The first-order chi connectivity index (χ1) is 13.6. The van der Waals surface area contributed by atoms with Crippen molar-refractivity contribution >= 4 is 34.9 Å². The number of aromatic nitrogens is 2. The highest BCUT2D eigenvalue weighted by molar-refractivity contribution is 7.18. The normalized spacial score (nSPS) is 18.5. The zero-order valence-corrected chi connectivity index (χ0v) is 16.8. The summed E-state index contributed by atoms with van der Waals surface area (Å²) in [5.74, 6) is 1.17. The van der Waals surface area contributed by atoms with Gasteiger partial charge in [-0.3, -0.25) is 4.79 Å². The molecular formula is C19H21ClN4O3S. The Morgan fingerprint density at radius 3 is 2.43 bits per heavy atom. The highest BCUT2D eigenvalue weighted by Crippen LogP contribution is 2.39. The molecule has 0 bridgehead atoms. The van der Waals surface area contributed by atoms with Gasteiger partial charge >= 0.3 is 6.09 Å². The number of halogens is 1.